The number of amides is 2. The Morgan fingerprint density at radius 1 is 1.14 bits per heavy atom. The first-order valence-corrected chi connectivity index (χ1v) is 10.2. The van der Waals surface area contributed by atoms with Crippen molar-refractivity contribution in [1.29, 1.82) is 0 Å². The maximum Gasteiger partial charge on any atom is 0.252 e. The summed E-state index contributed by atoms with van der Waals surface area (Å²) < 4.78 is 11.1. The number of likely N-dealkylation sites (tertiary alicyclic amines) is 1. The first kappa shape index (κ1) is 18.2. The Balaban J connectivity index is 1.44. The van der Waals surface area contributed by atoms with Crippen molar-refractivity contribution in [1.82, 2.24) is 4.90 Å². The molecule has 2 amide bonds. The second kappa shape index (κ2) is 7.19. The van der Waals surface area contributed by atoms with Crippen LogP contribution in [-0.4, -0.2) is 55.2 Å². The van der Waals surface area contributed by atoms with Gasteiger partial charge in [-0.2, -0.15) is 0 Å². The fraction of sp³-hybridized carbons (Fsp3) is 0.391. The summed E-state index contributed by atoms with van der Waals surface area (Å²) in [7, 11) is 1.62. The zero-order chi connectivity index (χ0) is 20.0. The van der Waals surface area contributed by atoms with Crippen LogP contribution in [0.3, 0.4) is 0 Å². The molecule has 6 nitrogen and oxygen atoms in total. The van der Waals surface area contributed by atoms with Crippen LogP contribution in [0.25, 0.3) is 11.1 Å². The molecule has 5 rings (SSSR count). The highest BCUT2D eigenvalue weighted by molar-refractivity contribution is 6.05. The standard InChI is InChI=1S/C23H24N2O4/c1-28-20-10-9-16(15-6-3-2-4-7-15)12-18(20)25-17-13-19(22(25)26)24(14-17)23(27)21-8-5-11-29-21/h2-4,6-7,9-10,12,17,19,21H,5,8,11,13-14H2,1H3/t17-,19-,21-/m0/s1. The lowest BCUT2D eigenvalue weighted by molar-refractivity contribution is -0.146. The second-order valence-electron chi connectivity index (χ2n) is 7.86. The molecule has 3 fully saturated rings. The lowest BCUT2D eigenvalue weighted by Gasteiger charge is -2.35. The summed E-state index contributed by atoms with van der Waals surface area (Å²) in [5.74, 6) is 0.603. The predicted octanol–water partition coefficient (Wildman–Crippen LogP) is 2.86. The van der Waals surface area contributed by atoms with Crippen molar-refractivity contribution in [3.8, 4) is 16.9 Å². The van der Waals surface area contributed by atoms with Crippen molar-refractivity contribution in [2.24, 2.45) is 0 Å². The van der Waals surface area contributed by atoms with E-state index < -0.39 is 6.04 Å². The average Bonchev–Trinajstić information content (AvgIpc) is 3.50. The van der Waals surface area contributed by atoms with Gasteiger partial charge >= 0.3 is 0 Å². The lowest BCUT2D eigenvalue weighted by atomic mass is 10.0. The van der Waals surface area contributed by atoms with Crippen LogP contribution >= 0.6 is 0 Å². The molecular formula is C23H24N2O4. The first-order chi connectivity index (χ1) is 14.2. The molecule has 0 spiro atoms. The fourth-order valence-electron chi connectivity index (χ4n) is 4.78. The molecule has 2 bridgehead atoms. The molecule has 3 heterocycles. The molecule has 0 saturated carbocycles. The minimum atomic E-state index is -0.401. The Morgan fingerprint density at radius 3 is 2.66 bits per heavy atom. The summed E-state index contributed by atoms with van der Waals surface area (Å²) in [6.45, 7) is 1.18. The molecule has 0 unspecified atom stereocenters. The summed E-state index contributed by atoms with van der Waals surface area (Å²) in [4.78, 5) is 29.6. The van der Waals surface area contributed by atoms with E-state index >= 15 is 0 Å². The van der Waals surface area contributed by atoms with Gasteiger partial charge in [-0.3, -0.25) is 9.59 Å². The number of hydrogen-bond donors (Lipinski definition) is 0. The summed E-state index contributed by atoms with van der Waals surface area (Å²) in [5, 5.41) is 0. The monoisotopic (exact) mass is 392 g/mol. The van der Waals surface area contributed by atoms with Gasteiger partial charge in [-0.25, -0.2) is 0 Å². The highest BCUT2D eigenvalue weighted by atomic mass is 16.5. The van der Waals surface area contributed by atoms with Gasteiger partial charge in [0.25, 0.3) is 5.91 Å². The fourth-order valence-corrected chi connectivity index (χ4v) is 4.78. The van der Waals surface area contributed by atoms with Gasteiger partial charge in [0.05, 0.1) is 18.8 Å². The largest absolute Gasteiger partial charge is 0.495 e. The topological polar surface area (TPSA) is 59.1 Å². The third-order valence-electron chi connectivity index (χ3n) is 6.20. The highest BCUT2D eigenvalue weighted by Crippen LogP contribution is 2.42. The van der Waals surface area contributed by atoms with Crippen LogP contribution in [-0.2, 0) is 14.3 Å². The Morgan fingerprint density at radius 2 is 1.97 bits per heavy atom. The quantitative estimate of drug-likeness (QED) is 0.803. The van der Waals surface area contributed by atoms with Gasteiger partial charge in [0.15, 0.2) is 0 Å². The van der Waals surface area contributed by atoms with E-state index in [0.29, 0.717) is 25.3 Å². The number of ether oxygens (including phenoxy) is 2. The Labute approximate surface area is 170 Å². The Kier molecular flexibility index (Phi) is 4.51. The van der Waals surface area contributed by atoms with Crippen LogP contribution in [0.4, 0.5) is 5.69 Å². The zero-order valence-electron chi connectivity index (χ0n) is 16.4. The number of nitrogens with zero attached hydrogens (tertiary/aromatic N) is 2. The smallest absolute Gasteiger partial charge is 0.252 e. The number of rotatable bonds is 4. The van der Waals surface area contributed by atoms with Crippen LogP contribution in [0.1, 0.15) is 19.3 Å². The number of methoxy groups -OCH3 is 1. The molecule has 150 valence electrons. The van der Waals surface area contributed by atoms with Crippen molar-refractivity contribution >= 4 is 17.5 Å². The van der Waals surface area contributed by atoms with Crippen molar-refractivity contribution in [2.75, 3.05) is 25.2 Å². The molecule has 0 aromatic heterocycles. The average molecular weight is 392 g/mol. The number of anilines is 1. The number of hydrogen-bond acceptors (Lipinski definition) is 4. The molecular weight excluding hydrogens is 368 g/mol. The SMILES string of the molecule is COc1ccc(-c2ccccc2)cc1N1C(=O)[C@@H]2C[C@H]1CN2C(=O)[C@@H]1CCCO1. The summed E-state index contributed by atoms with van der Waals surface area (Å²) in [6, 6.07) is 15.6. The highest BCUT2D eigenvalue weighted by Gasteiger charge is 2.53. The number of fused-ring (bicyclic) bond motifs is 2. The van der Waals surface area contributed by atoms with E-state index in [2.05, 4.69) is 0 Å². The number of carbonyl (C=O) groups excluding carboxylic acids is 2. The van der Waals surface area contributed by atoms with Gasteiger partial charge in [0.2, 0.25) is 5.91 Å². The van der Waals surface area contributed by atoms with Crippen LogP contribution in [0.5, 0.6) is 5.75 Å². The van der Waals surface area contributed by atoms with Gasteiger partial charge in [0, 0.05) is 13.2 Å². The summed E-state index contributed by atoms with van der Waals surface area (Å²) >= 11 is 0. The van der Waals surface area contributed by atoms with E-state index in [0.717, 1.165) is 29.7 Å². The van der Waals surface area contributed by atoms with Crippen LogP contribution < -0.4 is 9.64 Å². The Bertz CT molecular complexity index is 939. The molecule has 0 aliphatic carbocycles. The molecule has 29 heavy (non-hydrogen) atoms. The zero-order valence-corrected chi connectivity index (χ0v) is 16.4. The molecule has 2 aromatic rings. The van der Waals surface area contributed by atoms with E-state index in [1.165, 1.54) is 0 Å². The van der Waals surface area contributed by atoms with E-state index in [9.17, 15) is 9.59 Å². The van der Waals surface area contributed by atoms with E-state index in [4.69, 9.17) is 9.47 Å². The van der Waals surface area contributed by atoms with Crippen LogP contribution in [0, 0.1) is 0 Å². The predicted molar refractivity (Wildman–Crippen MR) is 109 cm³/mol. The normalized spacial score (nSPS) is 25.7. The molecule has 0 N–H and O–H groups in total. The van der Waals surface area contributed by atoms with Gasteiger partial charge in [-0.05, 0) is 42.5 Å². The molecule has 3 saturated heterocycles. The van der Waals surface area contributed by atoms with Crippen LogP contribution in [0.15, 0.2) is 48.5 Å². The number of piperazine rings is 1. The van der Waals surface area contributed by atoms with Crippen molar-refractivity contribution in [3.05, 3.63) is 48.5 Å². The minimum absolute atomic E-state index is 0.0298. The molecule has 3 aliphatic heterocycles. The van der Waals surface area contributed by atoms with Gasteiger partial charge in [0.1, 0.15) is 17.9 Å². The van der Waals surface area contributed by atoms with Crippen molar-refractivity contribution < 1.29 is 19.1 Å². The van der Waals surface area contributed by atoms with E-state index in [1.807, 2.05) is 53.4 Å². The van der Waals surface area contributed by atoms with Gasteiger partial charge < -0.3 is 19.3 Å². The lowest BCUT2D eigenvalue weighted by Crippen LogP contribution is -2.54. The van der Waals surface area contributed by atoms with E-state index in [-0.39, 0.29) is 24.0 Å². The molecule has 0 radical (unpaired) electrons. The van der Waals surface area contributed by atoms with Gasteiger partial charge in [-0.1, -0.05) is 36.4 Å². The summed E-state index contributed by atoms with van der Waals surface area (Å²) in [6.07, 6.45) is 1.93. The minimum Gasteiger partial charge on any atom is -0.495 e. The molecule has 6 heteroatoms. The second-order valence-corrected chi connectivity index (χ2v) is 7.86. The van der Waals surface area contributed by atoms with Gasteiger partial charge in [-0.15, -0.1) is 0 Å². The third kappa shape index (κ3) is 2.99. The maximum atomic E-state index is 13.2. The first-order valence-electron chi connectivity index (χ1n) is 10.2. The summed E-state index contributed by atoms with van der Waals surface area (Å²) in [5.41, 5.74) is 2.89. The number of carbonyl (C=O) groups is 2. The van der Waals surface area contributed by atoms with E-state index in [1.54, 1.807) is 12.0 Å². The molecule has 2 aromatic carbocycles. The maximum absolute atomic E-state index is 13.2. The van der Waals surface area contributed by atoms with Crippen molar-refractivity contribution in [3.63, 3.8) is 0 Å². The Hall–Kier alpha value is -2.86. The molecule has 3 atom stereocenters. The van der Waals surface area contributed by atoms with Crippen LogP contribution in [0.2, 0.25) is 0 Å². The number of benzene rings is 2. The van der Waals surface area contributed by atoms with Crippen molar-refractivity contribution in [2.45, 2.75) is 37.5 Å². The molecule has 3 aliphatic rings. The third-order valence-corrected chi connectivity index (χ3v) is 6.20.